The Kier molecular flexibility index (Phi) is 5.79. The molecule has 1 aromatic heterocycles. The van der Waals surface area contributed by atoms with Crippen molar-refractivity contribution >= 4 is 28.2 Å². The largest absolute Gasteiger partial charge is 0.380 e. The molecule has 0 bridgehead atoms. The van der Waals surface area contributed by atoms with E-state index in [0.29, 0.717) is 0 Å². The predicted octanol–water partition coefficient (Wildman–Crippen LogP) is 3.61. The van der Waals surface area contributed by atoms with Gasteiger partial charge < -0.3 is 20.5 Å². The van der Waals surface area contributed by atoms with Gasteiger partial charge >= 0.3 is 0 Å². The molecule has 2 unspecified atom stereocenters. The summed E-state index contributed by atoms with van der Waals surface area (Å²) in [6.45, 7) is 7.65. The zero-order chi connectivity index (χ0) is 22.1. The number of aromatic amines is 1. The Balaban J connectivity index is 1.34. The topological polar surface area (TPSA) is 63.4 Å². The number of nitrogens with one attached hydrogen (secondary N) is 3. The second-order valence-electron chi connectivity index (χ2n) is 9.29. The summed E-state index contributed by atoms with van der Waals surface area (Å²) in [4.78, 5) is 21.5. The van der Waals surface area contributed by atoms with Crippen LogP contribution in [0.3, 0.4) is 0 Å². The van der Waals surface area contributed by atoms with Crippen LogP contribution in [0.15, 0.2) is 54.7 Å². The molecule has 0 saturated carbocycles. The van der Waals surface area contributed by atoms with Crippen LogP contribution in [0.2, 0.25) is 0 Å². The van der Waals surface area contributed by atoms with Crippen LogP contribution >= 0.6 is 0 Å². The highest BCUT2D eigenvalue weighted by Gasteiger charge is 2.37. The van der Waals surface area contributed by atoms with E-state index in [9.17, 15) is 4.79 Å². The van der Waals surface area contributed by atoms with Gasteiger partial charge in [-0.05, 0) is 56.5 Å². The molecule has 6 heteroatoms. The van der Waals surface area contributed by atoms with E-state index in [0.717, 1.165) is 39.0 Å². The third-order valence-corrected chi connectivity index (χ3v) is 6.78. The van der Waals surface area contributed by atoms with Crippen LogP contribution in [0.25, 0.3) is 10.9 Å². The second-order valence-corrected chi connectivity index (χ2v) is 9.29. The lowest BCUT2D eigenvalue weighted by molar-refractivity contribution is -0.127. The van der Waals surface area contributed by atoms with Crippen molar-refractivity contribution in [2.45, 2.75) is 44.8 Å². The van der Waals surface area contributed by atoms with E-state index in [-0.39, 0.29) is 24.0 Å². The molecular weight excluding hydrogens is 398 g/mol. The highest BCUT2D eigenvalue weighted by Crippen LogP contribution is 2.30. The number of carbonyl (C=O) groups is 1. The number of aryl methyl sites for hydroxylation is 1. The monoisotopic (exact) mass is 431 g/mol. The van der Waals surface area contributed by atoms with E-state index in [2.05, 4.69) is 73.9 Å². The first-order valence-electron chi connectivity index (χ1n) is 11.8. The lowest BCUT2D eigenvalue weighted by Gasteiger charge is -2.44. The van der Waals surface area contributed by atoms with Crippen molar-refractivity contribution in [1.29, 1.82) is 0 Å². The van der Waals surface area contributed by atoms with Crippen molar-refractivity contribution in [3.05, 3.63) is 60.3 Å². The lowest BCUT2D eigenvalue weighted by atomic mass is 9.91. The maximum Gasteiger partial charge on any atom is 0.239 e. The quantitative estimate of drug-likeness (QED) is 0.578. The average Bonchev–Trinajstić information content (AvgIpc) is 3.28. The Morgan fingerprint density at radius 2 is 1.84 bits per heavy atom. The Bertz CT molecular complexity index is 1080. The SMILES string of the molecule is CC(C)NC(=O)C(C1CCc2ccccc2N1)N1CCN(c2cccc3[nH]ccc23)CC1. The molecule has 0 radical (unpaired) electrons. The number of H-pyrrole nitrogens is 1. The number of hydrogen-bond donors (Lipinski definition) is 3. The minimum atomic E-state index is -0.170. The molecule has 2 aliphatic heterocycles. The summed E-state index contributed by atoms with van der Waals surface area (Å²) < 4.78 is 0. The van der Waals surface area contributed by atoms with Crippen molar-refractivity contribution in [3.63, 3.8) is 0 Å². The number of fused-ring (bicyclic) bond motifs is 2. The maximum atomic E-state index is 13.3. The van der Waals surface area contributed by atoms with Gasteiger partial charge in [0.2, 0.25) is 5.91 Å². The van der Waals surface area contributed by atoms with Gasteiger partial charge in [0.15, 0.2) is 0 Å². The third kappa shape index (κ3) is 4.07. The number of benzene rings is 2. The van der Waals surface area contributed by atoms with Crippen molar-refractivity contribution in [3.8, 4) is 0 Å². The van der Waals surface area contributed by atoms with Gasteiger partial charge in [-0.3, -0.25) is 9.69 Å². The fraction of sp³-hybridized carbons (Fsp3) is 0.423. The summed E-state index contributed by atoms with van der Waals surface area (Å²) in [5.41, 5.74) is 4.96. The van der Waals surface area contributed by atoms with Crippen LogP contribution in [0, 0.1) is 0 Å². The van der Waals surface area contributed by atoms with E-state index < -0.39 is 0 Å². The Morgan fingerprint density at radius 1 is 1.03 bits per heavy atom. The van der Waals surface area contributed by atoms with Gasteiger partial charge in [0.1, 0.15) is 6.04 Å². The Labute approximate surface area is 190 Å². The first-order chi connectivity index (χ1) is 15.6. The highest BCUT2D eigenvalue weighted by atomic mass is 16.2. The minimum Gasteiger partial charge on any atom is -0.380 e. The van der Waals surface area contributed by atoms with Crippen LogP contribution in [0.5, 0.6) is 0 Å². The lowest BCUT2D eigenvalue weighted by Crippen LogP contribution is -2.61. The Hall–Kier alpha value is -2.99. The van der Waals surface area contributed by atoms with Crippen LogP contribution in [0.1, 0.15) is 25.8 Å². The molecule has 0 spiro atoms. The number of hydrogen-bond acceptors (Lipinski definition) is 4. The Morgan fingerprint density at radius 3 is 2.66 bits per heavy atom. The van der Waals surface area contributed by atoms with Gasteiger partial charge in [0.05, 0.1) is 6.04 Å². The van der Waals surface area contributed by atoms with E-state index in [1.165, 1.54) is 27.8 Å². The molecule has 0 aliphatic carbocycles. The molecule has 2 aliphatic rings. The third-order valence-electron chi connectivity index (χ3n) is 6.78. The van der Waals surface area contributed by atoms with E-state index >= 15 is 0 Å². The molecular formula is C26H33N5O. The molecule has 2 aromatic carbocycles. The standard InChI is InChI=1S/C26H33N5O/c1-18(2)28-26(32)25(23-11-10-19-6-3-4-7-21(19)29-23)31-16-14-30(15-17-31)24-9-5-8-22-20(24)12-13-27-22/h3-9,12-13,18,23,25,27,29H,10-11,14-17H2,1-2H3,(H,28,32). The van der Waals surface area contributed by atoms with Crippen LogP contribution in [-0.2, 0) is 11.2 Å². The summed E-state index contributed by atoms with van der Waals surface area (Å²) >= 11 is 0. The number of nitrogens with zero attached hydrogens (tertiary/aromatic N) is 2. The first-order valence-corrected chi connectivity index (χ1v) is 11.8. The molecule has 3 aromatic rings. The van der Waals surface area contributed by atoms with Gasteiger partial charge in [-0.15, -0.1) is 0 Å². The molecule has 32 heavy (non-hydrogen) atoms. The van der Waals surface area contributed by atoms with Crippen molar-refractivity contribution in [2.24, 2.45) is 0 Å². The number of para-hydroxylation sites is 1. The second kappa shape index (κ2) is 8.87. The minimum absolute atomic E-state index is 0.114. The normalized spacial score (nSPS) is 20.1. The van der Waals surface area contributed by atoms with E-state index in [4.69, 9.17) is 0 Å². The zero-order valence-corrected chi connectivity index (χ0v) is 19.0. The summed E-state index contributed by atoms with van der Waals surface area (Å²) in [6, 6.07) is 17.1. The first kappa shape index (κ1) is 20.9. The maximum absolute atomic E-state index is 13.3. The smallest absolute Gasteiger partial charge is 0.239 e. The average molecular weight is 432 g/mol. The molecule has 168 valence electrons. The fourth-order valence-electron chi connectivity index (χ4n) is 5.26. The molecule has 6 nitrogen and oxygen atoms in total. The van der Waals surface area contributed by atoms with E-state index in [1.807, 2.05) is 20.0 Å². The molecule has 5 rings (SSSR count). The van der Waals surface area contributed by atoms with Crippen molar-refractivity contribution in [1.82, 2.24) is 15.2 Å². The molecule has 1 saturated heterocycles. The van der Waals surface area contributed by atoms with Crippen molar-refractivity contribution < 1.29 is 4.79 Å². The number of piperazine rings is 1. The number of amides is 1. The van der Waals surface area contributed by atoms with E-state index in [1.54, 1.807) is 0 Å². The van der Waals surface area contributed by atoms with Gasteiger partial charge in [0.25, 0.3) is 0 Å². The van der Waals surface area contributed by atoms with Gasteiger partial charge in [0, 0.05) is 60.7 Å². The number of anilines is 2. The number of rotatable bonds is 5. The van der Waals surface area contributed by atoms with Gasteiger partial charge in [-0.2, -0.15) is 0 Å². The fourth-order valence-corrected chi connectivity index (χ4v) is 5.26. The highest BCUT2D eigenvalue weighted by molar-refractivity contribution is 5.92. The summed E-state index contributed by atoms with van der Waals surface area (Å²) in [6.07, 6.45) is 3.98. The molecule has 2 atom stereocenters. The van der Waals surface area contributed by atoms with Crippen LogP contribution < -0.4 is 15.5 Å². The summed E-state index contributed by atoms with van der Waals surface area (Å²) in [5, 5.41) is 8.14. The summed E-state index contributed by atoms with van der Waals surface area (Å²) in [5.74, 6) is 0.137. The van der Waals surface area contributed by atoms with Crippen LogP contribution in [-0.4, -0.2) is 60.1 Å². The van der Waals surface area contributed by atoms with Crippen molar-refractivity contribution in [2.75, 3.05) is 36.4 Å². The number of carbonyl (C=O) groups excluding carboxylic acids is 1. The molecule has 1 amide bonds. The van der Waals surface area contributed by atoms with Gasteiger partial charge in [-0.25, -0.2) is 0 Å². The zero-order valence-electron chi connectivity index (χ0n) is 19.0. The molecule has 1 fully saturated rings. The predicted molar refractivity (Wildman–Crippen MR) is 131 cm³/mol. The van der Waals surface area contributed by atoms with Gasteiger partial charge in [-0.1, -0.05) is 24.3 Å². The summed E-state index contributed by atoms with van der Waals surface area (Å²) in [7, 11) is 0. The molecule has 3 N–H and O–H groups in total. The number of aromatic nitrogens is 1. The molecule has 3 heterocycles. The van der Waals surface area contributed by atoms with Crippen LogP contribution in [0.4, 0.5) is 11.4 Å².